The summed E-state index contributed by atoms with van der Waals surface area (Å²) in [4.78, 5) is 23.8. The second-order valence-electron chi connectivity index (χ2n) is 3.26. The number of amides is 1. The van der Waals surface area contributed by atoms with Gasteiger partial charge in [-0.05, 0) is 18.4 Å². The normalized spacial score (nSPS) is 9.25. The van der Waals surface area contributed by atoms with Crippen LogP contribution in [0.4, 0.5) is 0 Å². The van der Waals surface area contributed by atoms with Crippen LogP contribution < -0.4 is 5.32 Å². The zero-order valence-corrected chi connectivity index (χ0v) is 9.06. The number of hydrogen-bond acceptors (Lipinski definition) is 3. The second-order valence-corrected chi connectivity index (χ2v) is 3.26. The van der Waals surface area contributed by atoms with E-state index < -0.39 is 5.97 Å². The Morgan fingerprint density at radius 2 is 2.00 bits per heavy atom. The average Bonchev–Trinajstić information content (AvgIpc) is 2.25. The first-order chi connectivity index (χ1) is 7.66. The van der Waals surface area contributed by atoms with E-state index in [0.717, 1.165) is 19.3 Å². The highest BCUT2D eigenvalue weighted by Gasteiger charge is 2.03. The van der Waals surface area contributed by atoms with Crippen LogP contribution in [0.3, 0.4) is 0 Å². The van der Waals surface area contributed by atoms with Crippen LogP contribution in [-0.2, 0) is 9.59 Å². The van der Waals surface area contributed by atoms with Gasteiger partial charge >= 0.3 is 5.97 Å². The number of aliphatic carboxylic acids is 1. The number of nitrogens with zero attached hydrogens (tertiary/aromatic N) is 3. The first-order valence-electron chi connectivity index (χ1n) is 5.16. The van der Waals surface area contributed by atoms with E-state index in [0.29, 0.717) is 13.1 Å². The van der Waals surface area contributed by atoms with Gasteiger partial charge in [-0.2, -0.15) is 0 Å². The predicted octanol–water partition coefficient (Wildman–Crippen LogP) is 1.45. The molecule has 0 aromatic carbocycles. The Bertz CT molecular complexity index is 274. The fraction of sp³-hybridized carbons (Fsp3) is 0.778. The number of carbonyl (C=O) groups is 2. The molecule has 0 fully saturated rings. The number of carboxylic acid groups (broad SMARTS) is 1. The van der Waals surface area contributed by atoms with E-state index in [1.54, 1.807) is 0 Å². The van der Waals surface area contributed by atoms with Gasteiger partial charge in [0.2, 0.25) is 5.91 Å². The number of carboxylic acids is 1. The Labute approximate surface area is 93.5 Å². The van der Waals surface area contributed by atoms with Crippen LogP contribution in [0.1, 0.15) is 32.1 Å². The minimum absolute atomic E-state index is 0.0219. The lowest BCUT2D eigenvalue weighted by Crippen LogP contribution is -2.24. The summed E-state index contributed by atoms with van der Waals surface area (Å²) in [5, 5.41) is 14.3. The monoisotopic (exact) mass is 228 g/mol. The van der Waals surface area contributed by atoms with Crippen molar-refractivity contribution in [2.45, 2.75) is 32.1 Å². The molecular formula is C9H16N4O3. The molecule has 7 nitrogen and oxygen atoms in total. The number of unbranched alkanes of at least 4 members (excludes halogenated alkanes) is 2. The Hall–Kier alpha value is -1.75. The number of azide groups is 1. The van der Waals surface area contributed by atoms with E-state index in [-0.39, 0.29) is 18.7 Å². The van der Waals surface area contributed by atoms with Gasteiger partial charge in [0.05, 0.1) is 6.42 Å². The van der Waals surface area contributed by atoms with Crippen molar-refractivity contribution >= 4 is 11.9 Å². The lowest BCUT2D eigenvalue weighted by molar-refractivity contribution is -0.138. The third kappa shape index (κ3) is 10.3. The van der Waals surface area contributed by atoms with Crippen molar-refractivity contribution in [1.82, 2.24) is 5.32 Å². The lowest BCUT2D eigenvalue weighted by atomic mass is 10.2. The Kier molecular flexibility index (Phi) is 8.72. The molecule has 0 radical (unpaired) electrons. The molecule has 0 unspecified atom stereocenters. The second kappa shape index (κ2) is 9.79. The number of rotatable bonds is 9. The lowest BCUT2D eigenvalue weighted by Gasteiger charge is -2.03. The largest absolute Gasteiger partial charge is 0.481 e. The fourth-order valence-electron chi connectivity index (χ4n) is 1.07. The number of hydrogen-bond donors (Lipinski definition) is 2. The molecule has 2 N–H and O–H groups in total. The molecule has 0 aliphatic heterocycles. The molecule has 0 bridgehead atoms. The van der Waals surface area contributed by atoms with E-state index in [9.17, 15) is 9.59 Å². The molecule has 0 heterocycles. The minimum atomic E-state index is -0.968. The molecule has 0 aliphatic carbocycles. The quantitative estimate of drug-likeness (QED) is 0.269. The van der Waals surface area contributed by atoms with Gasteiger partial charge in [0.25, 0.3) is 0 Å². The van der Waals surface area contributed by atoms with E-state index >= 15 is 0 Å². The minimum Gasteiger partial charge on any atom is -0.481 e. The maximum atomic E-state index is 11.0. The highest BCUT2D eigenvalue weighted by Crippen LogP contribution is 1.95. The van der Waals surface area contributed by atoms with E-state index in [1.165, 1.54) is 0 Å². The van der Waals surface area contributed by atoms with Crippen molar-refractivity contribution in [3.8, 4) is 0 Å². The molecule has 90 valence electrons. The number of nitrogens with one attached hydrogen (secondary N) is 1. The summed E-state index contributed by atoms with van der Waals surface area (Å²) in [5.41, 5.74) is 8.00. The van der Waals surface area contributed by atoms with Gasteiger partial charge in [0.1, 0.15) is 0 Å². The van der Waals surface area contributed by atoms with Crippen molar-refractivity contribution in [2.75, 3.05) is 13.1 Å². The van der Waals surface area contributed by atoms with Gasteiger partial charge in [0, 0.05) is 24.4 Å². The molecule has 0 aliphatic rings. The van der Waals surface area contributed by atoms with Crippen LogP contribution in [0.2, 0.25) is 0 Å². The predicted molar refractivity (Wildman–Crippen MR) is 57.7 cm³/mol. The van der Waals surface area contributed by atoms with Crippen molar-refractivity contribution in [2.24, 2.45) is 5.11 Å². The molecule has 0 spiro atoms. The van der Waals surface area contributed by atoms with E-state index in [2.05, 4.69) is 15.3 Å². The summed E-state index contributed by atoms with van der Waals surface area (Å²) < 4.78 is 0. The first kappa shape index (κ1) is 14.2. The Morgan fingerprint density at radius 1 is 1.25 bits per heavy atom. The molecule has 0 saturated carbocycles. The van der Waals surface area contributed by atoms with Crippen molar-refractivity contribution in [3.63, 3.8) is 0 Å². The fourth-order valence-corrected chi connectivity index (χ4v) is 1.07. The summed E-state index contributed by atoms with van der Waals surface area (Å²) in [5.74, 6) is -1.21. The van der Waals surface area contributed by atoms with Crippen molar-refractivity contribution in [3.05, 3.63) is 10.4 Å². The van der Waals surface area contributed by atoms with Gasteiger partial charge in [-0.25, -0.2) is 0 Å². The molecule has 0 aromatic rings. The van der Waals surface area contributed by atoms with Crippen LogP contribution in [-0.4, -0.2) is 30.1 Å². The first-order valence-corrected chi connectivity index (χ1v) is 5.16. The van der Waals surface area contributed by atoms with Crippen LogP contribution in [0.25, 0.3) is 10.4 Å². The van der Waals surface area contributed by atoms with Crippen LogP contribution in [0.5, 0.6) is 0 Å². The smallest absolute Gasteiger partial charge is 0.303 e. The van der Waals surface area contributed by atoms with Gasteiger partial charge < -0.3 is 10.4 Å². The topological polar surface area (TPSA) is 115 Å². The zero-order chi connectivity index (χ0) is 12.2. The molecular weight excluding hydrogens is 212 g/mol. The Balaban J connectivity index is 3.27. The van der Waals surface area contributed by atoms with Gasteiger partial charge in [0.15, 0.2) is 0 Å². The molecule has 0 saturated heterocycles. The summed E-state index contributed by atoms with van der Waals surface area (Å²) in [6.07, 6.45) is 2.36. The standard InChI is InChI=1S/C9H16N4O3/c10-13-12-7-3-1-2-6-11-8(14)4-5-9(15)16/h1-7H2,(H,11,14)(H,15,16). The number of carbonyl (C=O) groups excluding carboxylic acids is 1. The maximum Gasteiger partial charge on any atom is 0.303 e. The summed E-state index contributed by atoms with van der Waals surface area (Å²) >= 11 is 0. The van der Waals surface area contributed by atoms with Crippen LogP contribution >= 0.6 is 0 Å². The van der Waals surface area contributed by atoms with Gasteiger partial charge in [-0.15, -0.1) is 0 Å². The summed E-state index contributed by atoms with van der Waals surface area (Å²) in [6, 6.07) is 0. The third-order valence-corrected chi connectivity index (χ3v) is 1.89. The average molecular weight is 228 g/mol. The molecule has 0 aromatic heterocycles. The highest BCUT2D eigenvalue weighted by atomic mass is 16.4. The van der Waals surface area contributed by atoms with Gasteiger partial charge in [-0.1, -0.05) is 11.5 Å². The molecule has 1 amide bonds. The molecule has 7 heteroatoms. The van der Waals surface area contributed by atoms with Gasteiger partial charge in [-0.3, -0.25) is 9.59 Å². The van der Waals surface area contributed by atoms with Crippen LogP contribution in [0.15, 0.2) is 5.11 Å². The van der Waals surface area contributed by atoms with E-state index in [4.69, 9.17) is 10.6 Å². The maximum absolute atomic E-state index is 11.0. The Morgan fingerprint density at radius 3 is 2.62 bits per heavy atom. The third-order valence-electron chi connectivity index (χ3n) is 1.89. The summed E-state index contributed by atoms with van der Waals surface area (Å²) in [7, 11) is 0. The van der Waals surface area contributed by atoms with Crippen LogP contribution in [0, 0.1) is 0 Å². The summed E-state index contributed by atoms with van der Waals surface area (Å²) in [6.45, 7) is 1.01. The highest BCUT2D eigenvalue weighted by molar-refractivity contribution is 5.80. The zero-order valence-electron chi connectivity index (χ0n) is 9.06. The van der Waals surface area contributed by atoms with Crippen molar-refractivity contribution < 1.29 is 14.7 Å². The van der Waals surface area contributed by atoms with E-state index in [1.807, 2.05) is 0 Å². The van der Waals surface area contributed by atoms with Crippen molar-refractivity contribution in [1.29, 1.82) is 0 Å². The molecule has 0 atom stereocenters. The molecule has 16 heavy (non-hydrogen) atoms. The molecule has 0 rings (SSSR count). The SMILES string of the molecule is [N-]=[N+]=NCCCCCNC(=O)CCC(=O)O.